The van der Waals surface area contributed by atoms with Gasteiger partial charge in [0.05, 0.1) is 0 Å². The zero-order chi connectivity index (χ0) is 11.2. The minimum absolute atomic E-state index is 0.748. The Morgan fingerprint density at radius 1 is 1.31 bits per heavy atom. The second kappa shape index (κ2) is 5.90. The van der Waals surface area contributed by atoms with Gasteiger partial charge in [0.1, 0.15) is 0 Å². The van der Waals surface area contributed by atoms with E-state index in [1.807, 2.05) is 0 Å². The van der Waals surface area contributed by atoms with Crippen molar-refractivity contribution in [2.45, 2.75) is 32.2 Å². The fourth-order valence-electron chi connectivity index (χ4n) is 2.42. The summed E-state index contributed by atoms with van der Waals surface area (Å²) in [6.07, 6.45) is 3.97. The molecule has 0 amide bonds. The first-order chi connectivity index (χ1) is 7.90. The fourth-order valence-corrected chi connectivity index (χ4v) is 2.42. The summed E-state index contributed by atoms with van der Waals surface area (Å²) >= 11 is 0. The van der Waals surface area contributed by atoms with Crippen LogP contribution in [0.2, 0.25) is 0 Å². The van der Waals surface area contributed by atoms with Crippen molar-refractivity contribution in [1.29, 1.82) is 0 Å². The van der Waals surface area contributed by atoms with Crippen LogP contribution in [0.25, 0.3) is 0 Å². The molecule has 0 aliphatic carbocycles. The molecule has 16 heavy (non-hydrogen) atoms. The van der Waals surface area contributed by atoms with Gasteiger partial charge in [-0.15, -0.1) is 0 Å². The first-order valence-electron chi connectivity index (χ1n) is 6.43. The lowest BCUT2D eigenvalue weighted by molar-refractivity contribution is 0.553. The lowest BCUT2D eigenvalue weighted by atomic mass is 10.1. The van der Waals surface area contributed by atoms with Crippen molar-refractivity contribution in [2.75, 3.05) is 24.5 Å². The van der Waals surface area contributed by atoms with Gasteiger partial charge in [-0.25, -0.2) is 0 Å². The Morgan fingerprint density at radius 2 is 2.12 bits per heavy atom. The van der Waals surface area contributed by atoms with E-state index >= 15 is 0 Å². The molecule has 0 radical (unpaired) electrons. The molecule has 1 aromatic rings. The smallest absolute Gasteiger partial charge is 0.0366 e. The van der Waals surface area contributed by atoms with Crippen LogP contribution in [0.3, 0.4) is 0 Å². The van der Waals surface area contributed by atoms with E-state index in [4.69, 9.17) is 0 Å². The largest absolute Gasteiger partial charge is 0.372 e. The molecule has 1 aliphatic heterocycles. The molecule has 1 fully saturated rings. The predicted molar refractivity (Wildman–Crippen MR) is 70.0 cm³/mol. The highest BCUT2D eigenvalue weighted by molar-refractivity contribution is 5.45. The molecule has 0 aromatic heterocycles. The molecule has 1 aliphatic rings. The SMILES string of the molecule is CCN(CCC1CCCN1)c1ccccc1. The highest BCUT2D eigenvalue weighted by Crippen LogP contribution is 2.15. The maximum Gasteiger partial charge on any atom is 0.0366 e. The maximum absolute atomic E-state index is 3.56. The molecule has 1 N–H and O–H groups in total. The van der Waals surface area contributed by atoms with Crippen LogP contribution < -0.4 is 10.2 Å². The van der Waals surface area contributed by atoms with Crippen molar-refractivity contribution >= 4 is 5.69 Å². The van der Waals surface area contributed by atoms with E-state index in [0.29, 0.717) is 0 Å². The zero-order valence-corrected chi connectivity index (χ0v) is 10.2. The number of anilines is 1. The van der Waals surface area contributed by atoms with Gasteiger partial charge in [0.25, 0.3) is 0 Å². The first kappa shape index (κ1) is 11.5. The molecule has 2 heteroatoms. The van der Waals surface area contributed by atoms with Gasteiger partial charge in [-0.3, -0.25) is 0 Å². The van der Waals surface area contributed by atoms with Crippen LogP contribution in [-0.2, 0) is 0 Å². The number of nitrogens with one attached hydrogen (secondary N) is 1. The zero-order valence-electron chi connectivity index (χ0n) is 10.2. The van der Waals surface area contributed by atoms with Gasteiger partial charge in [-0.05, 0) is 44.9 Å². The van der Waals surface area contributed by atoms with Gasteiger partial charge < -0.3 is 10.2 Å². The van der Waals surface area contributed by atoms with E-state index in [9.17, 15) is 0 Å². The van der Waals surface area contributed by atoms with Crippen molar-refractivity contribution in [1.82, 2.24) is 5.32 Å². The van der Waals surface area contributed by atoms with Crippen LogP contribution in [0.1, 0.15) is 26.2 Å². The number of nitrogens with zero attached hydrogens (tertiary/aromatic N) is 1. The summed E-state index contributed by atoms with van der Waals surface area (Å²) in [5, 5.41) is 3.56. The molecule has 2 nitrogen and oxygen atoms in total. The second-order valence-electron chi connectivity index (χ2n) is 4.50. The van der Waals surface area contributed by atoms with Crippen molar-refractivity contribution in [3.63, 3.8) is 0 Å². The van der Waals surface area contributed by atoms with Crippen LogP contribution in [0, 0.1) is 0 Å². The average Bonchev–Trinajstić information content (AvgIpc) is 2.84. The Labute approximate surface area is 98.7 Å². The van der Waals surface area contributed by atoms with Gasteiger partial charge in [-0.1, -0.05) is 18.2 Å². The molecule has 1 saturated heterocycles. The van der Waals surface area contributed by atoms with E-state index < -0.39 is 0 Å². The number of benzene rings is 1. The number of rotatable bonds is 5. The Kier molecular flexibility index (Phi) is 4.23. The normalized spacial score (nSPS) is 19.9. The molecule has 1 unspecified atom stereocenters. The maximum atomic E-state index is 3.56. The summed E-state index contributed by atoms with van der Waals surface area (Å²) in [4.78, 5) is 2.46. The standard InChI is InChI=1S/C14H22N2/c1-2-16(14-8-4-3-5-9-14)12-10-13-7-6-11-15-13/h3-5,8-9,13,15H,2,6-7,10-12H2,1H3. The Balaban J connectivity index is 1.85. The van der Waals surface area contributed by atoms with Crippen molar-refractivity contribution in [3.8, 4) is 0 Å². The molecule has 0 spiro atoms. The predicted octanol–water partition coefficient (Wildman–Crippen LogP) is 2.66. The lowest BCUT2D eigenvalue weighted by Gasteiger charge is -2.24. The quantitative estimate of drug-likeness (QED) is 0.817. The summed E-state index contributed by atoms with van der Waals surface area (Å²) in [7, 11) is 0. The third kappa shape index (κ3) is 2.99. The molecule has 1 heterocycles. The Hall–Kier alpha value is -1.02. The van der Waals surface area contributed by atoms with Gasteiger partial charge in [0.2, 0.25) is 0 Å². The van der Waals surface area contributed by atoms with Crippen LogP contribution in [0.4, 0.5) is 5.69 Å². The summed E-state index contributed by atoms with van der Waals surface area (Å²) < 4.78 is 0. The Morgan fingerprint density at radius 3 is 2.75 bits per heavy atom. The number of para-hydroxylation sites is 1. The van der Waals surface area contributed by atoms with E-state index in [-0.39, 0.29) is 0 Å². The Bertz CT molecular complexity index is 291. The van der Waals surface area contributed by atoms with Gasteiger partial charge in [0, 0.05) is 24.8 Å². The van der Waals surface area contributed by atoms with Gasteiger partial charge in [0.15, 0.2) is 0 Å². The van der Waals surface area contributed by atoms with E-state index in [0.717, 1.165) is 19.1 Å². The van der Waals surface area contributed by atoms with Crippen LogP contribution in [0.15, 0.2) is 30.3 Å². The monoisotopic (exact) mass is 218 g/mol. The molecule has 0 bridgehead atoms. The molecule has 0 saturated carbocycles. The van der Waals surface area contributed by atoms with Crippen molar-refractivity contribution in [3.05, 3.63) is 30.3 Å². The van der Waals surface area contributed by atoms with E-state index in [1.54, 1.807) is 0 Å². The molecular weight excluding hydrogens is 196 g/mol. The molecular formula is C14H22N2. The van der Waals surface area contributed by atoms with Crippen molar-refractivity contribution in [2.24, 2.45) is 0 Å². The van der Waals surface area contributed by atoms with Crippen LogP contribution in [0.5, 0.6) is 0 Å². The molecule has 2 rings (SSSR count). The van der Waals surface area contributed by atoms with Gasteiger partial charge >= 0.3 is 0 Å². The average molecular weight is 218 g/mol. The summed E-state index contributed by atoms with van der Waals surface area (Å²) in [5.74, 6) is 0. The molecule has 1 atom stereocenters. The van der Waals surface area contributed by atoms with Crippen LogP contribution in [-0.4, -0.2) is 25.7 Å². The second-order valence-corrected chi connectivity index (χ2v) is 4.50. The number of hydrogen-bond donors (Lipinski definition) is 1. The molecule has 88 valence electrons. The summed E-state index contributed by atoms with van der Waals surface area (Å²) in [5.41, 5.74) is 1.35. The van der Waals surface area contributed by atoms with Crippen molar-refractivity contribution < 1.29 is 0 Å². The third-order valence-corrected chi connectivity index (χ3v) is 3.41. The highest BCUT2D eigenvalue weighted by Gasteiger charge is 2.14. The van der Waals surface area contributed by atoms with Crippen LogP contribution >= 0.6 is 0 Å². The number of hydrogen-bond acceptors (Lipinski definition) is 2. The van der Waals surface area contributed by atoms with E-state index in [1.165, 1.54) is 31.5 Å². The summed E-state index contributed by atoms with van der Waals surface area (Å²) in [6.45, 7) is 5.70. The lowest BCUT2D eigenvalue weighted by Crippen LogP contribution is -2.30. The molecule has 1 aromatic carbocycles. The minimum Gasteiger partial charge on any atom is -0.372 e. The van der Waals surface area contributed by atoms with Gasteiger partial charge in [-0.2, -0.15) is 0 Å². The van der Waals surface area contributed by atoms with E-state index in [2.05, 4.69) is 47.5 Å². The summed E-state index contributed by atoms with van der Waals surface area (Å²) in [6, 6.07) is 11.5. The fraction of sp³-hybridized carbons (Fsp3) is 0.571. The third-order valence-electron chi connectivity index (χ3n) is 3.41. The first-order valence-corrected chi connectivity index (χ1v) is 6.43. The highest BCUT2D eigenvalue weighted by atomic mass is 15.1. The minimum atomic E-state index is 0.748. The topological polar surface area (TPSA) is 15.3 Å².